The summed E-state index contributed by atoms with van der Waals surface area (Å²) in [6.45, 7) is 0. The van der Waals surface area contributed by atoms with Crippen LogP contribution in [0.25, 0.3) is 5.69 Å². The number of carbonyl (C=O) groups excluding carboxylic acids is 1. The van der Waals surface area contributed by atoms with Gasteiger partial charge in [0, 0.05) is 6.42 Å². The van der Waals surface area contributed by atoms with Crippen LogP contribution >= 0.6 is 0 Å². The fourth-order valence-corrected chi connectivity index (χ4v) is 2.19. The number of halogens is 1. The molecule has 3 aromatic rings. The minimum absolute atomic E-state index is 0.0190. The van der Waals surface area contributed by atoms with E-state index in [0.29, 0.717) is 11.3 Å². The first-order valence-electron chi connectivity index (χ1n) is 6.62. The maximum Gasteiger partial charge on any atom is 0.185 e. The Balaban J connectivity index is 1.90. The lowest BCUT2D eigenvalue weighted by molar-refractivity contribution is 0.0984. The highest BCUT2D eigenvalue weighted by atomic mass is 19.1. The normalized spacial score (nSPS) is 10.5. The van der Waals surface area contributed by atoms with Crippen LogP contribution in [-0.2, 0) is 6.42 Å². The van der Waals surface area contributed by atoms with Gasteiger partial charge in [0.25, 0.3) is 0 Å². The van der Waals surface area contributed by atoms with Crippen LogP contribution in [0, 0.1) is 5.82 Å². The Kier molecular flexibility index (Phi) is 3.60. The van der Waals surface area contributed by atoms with Crippen LogP contribution in [-0.4, -0.2) is 15.6 Å². The van der Waals surface area contributed by atoms with Gasteiger partial charge in [-0.15, -0.1) is 0 Å². The topological polar surface area (TPSA) is 34.9 Å². The fourth-order valence-electron chi connectivity index (χ4n) is 2.19. The molecule has 1 heterocycles. The Bertz CT molecular complexity index is 765. The number of nitrogens with zero attached hydrogens (tertiary/aromatic N) is 2. The summed E-state index contributed by atoms with van der Waals surface area (Å²) in [5.74, 6) is -0.530. The number of carbonyl (C=O) groups is 1. The second-order valence-corrected chi connectivity index (χ2v) is 4.66. The smallest absolute Gasteiger partial charge is 0.185 e. The molecular weight excluding hydrogens is 267 g/mol. The third kappa shape index (κ3) is 2.74. The number of ketones is 1. The second-order valence-electron chi connectivity index (χ2n) is 4.66. The lowest BCUT2D eigenvalue weighted by Crippen LogP contribution is -2.11. The van der Waals surface area contributed by atoms with E-state index in [1.54, 1.807) is 35.1 Å². The predicted molar refractivity (Wildman–Crippen MR) is 78.0 cm³/mol. The van der Waals surface area contributed by atoms with Crippen molar-refractivity contribution in [1.82, 2.24) is 9.78 Å². The molecule has 0 amide bonds. The van der Waals surface area contributed by atoms with E-state index < -0.39 is 0 Å². The number of Topliss-reactive ketones (excluding diaryl/α,β-unsaturated/α-hetero) is 1. The zero-order valence-corrected chi connectivity index (χ0v) is 11.2. The molecule has 104 valence electrons. The summed E-state index contributed by atoms with van der Waals surface area (Å²) in [5.41, 5.74) is 1.65. The van der Waals surface area contributed by atoms with E-state index in [-0.39, 0.29) is 18.0 Å². The van der Waals surface area contributed by atoms with Crippen molar-refractivity contribution >= 4 is 5.78 Å². The Morgan fingerprint density at radius 1 is 1.00 bits per heavy atom. The first-order valence-corrected chi connectivity index (χ1v) is 6.62. The zero-order chi connectivity index (χ0) is 14.7. The summed E-state index contributed by atoms with van der Waals surface area (Å²) < 4.78 is 15.2. The van der Waals surface area contributed by atoms with Crippen molar-refractivity contribution in [2.45, 2.75) is 6.42 Å². The van der Waals surface area contributed by atoms with Gasteiger partial charge in [-0.05, 0) is 29.8 Å². The third-order valence-corrected chi connectivity index (χ3v) is 3.24. The van der Waals surface area contributed by atoms with Gasteiger partial charge in [-0.2, -0.15) is 5.10 Å². The van der Waals surface area contributed by atoms with Crippen LogP contribution in [0.15, 0.2) is 66.9 Å². The van der Waals surface area contributed by atoms with Gasteiger partial charge in [0.1, 0.15) is 11.5 Å². The summed E-state index contributed by atoms with van der Waals surface area (Å²) in [5, 5.41) is 4.17. The molecule has 0 bridgehead atoms. The summed E-state index contributed by atoms with van der Waals surface area (Å²) >= 11 is 0. The number of para-hydroxylation sites is 1. The van der Waals surface area contributed by atoms with Crippen molar-refractivity contribution in [2.24, 2.45) is 0 Å². The van der Waals surface area contributed by atoms with Crippen molar-refractivity contribution in [2.75, 3.05) is 0 Å². The molecule has 0 unspecified atom stereocenters. The Morgan fingerprint density at radius 3 is 2.48 bits per heavy atom. The van der Waals surface area contributed by atoms with Gasteiger partial charge in [0.15, 0.2) is 5.78 Å². The molecule has 0 aliphatic carbocycles. The molecule has 2 aromatic carbocycles. The zero-order valence-electron chi connectivity index (χ0n) is 11.2. The van der Waals surface area contributed by atoms with Gasteiger partial charge in [-0.25, -0.2) is 9.07 Å². The molecule has 0 saturated heterocycles. The van der Waals surface area contributed by atoms with Gasteiger partial charge in [-0.3, -0.25) is 4.79 Å². The van der Waals surface area contributed by atoms with Crippen molar-refractivity contribution in [3.05, 3.63) is 83.9 Å². The van der Waals surface area contributed by atoms with Crippen LogP contribution in [0.4, 0.5) is 4.39 Å². The average molecular weight is 280 g/mol. The Hall–Kier alpha value is -2.75. The first-order chi connectivity index (χ1) is 10.3. The minimum Gasteiger partial charge on any atom is -0.292 e. The number of benzene rings is 2. The van der Waals surface area contributed by atoms with E-state index in [2.05, 4.69) is 5.10 Å². The lowest BCUT2D eigenvalue weighted by Gasteiger charge is -2.07. The molecular formula is C17H13FN2O. The van der Waals surface area contributed by atoms with Crippen LogP contribution in [0.3, 0.4) is 0 Å². The maximum atomic E-state index is 13.6. The van der Waals surface area contributed by atoms with Crippen LogP contribution in [0.1, 0.15) is 16.1 Å². The van der Waals surface area contributed by atoms with Crippen molar-refractivity contribution in [3.8, 4) is 5.69 Å². The van der Waals surface area contributed by atoms with Crippen LogP contribution in [0.2, 0.25) is 0 Å². The van der Waals surface area contributed by atoms with E-state index in [1.807, 2.05) is 30.3 Å². The molecule has 4 heteroatoms. The molecule has 1 aromatic heterocycles. The fraction of sp³-hybridized carbons (Fsp3) is 0.0588. The number of hydrogen-bond donors (Lipinski definition) is 0. The van der Waals surface area contributed by atoms with Crippen LogP contribution in [0.5, 0.6) is 0 Å². The molecule has 21 heavy (non-hydrogen) atoms. The molecule has 0 aliphatic heterocycles. The maximum absolute atomic E-state index is 13.6. The quantitative estimate of drug-likeness (QED) is 0.686. The van der Waals surface area contributed by atoms with E-state index >= 15 is 0 Å². The molecule has 3 rings (SSSR count). The Labute approximate surface area is 121 Å². The standard InChI is InChI=1S/C17H13FN2O/c18-15-9-5-4-6-13(15)12-17(21)16-10-11-19-20(16)14-7-2-1-3-8-14/h1-11H,12H2. The van der Waals surface area contributed by atoms with Crippen molar-refractivity contribution < 1.29 is 9.18 Å². The molecule has 0 atom stereocenters. The molecule has 0 aliphatic rings. The Morgan fingerprint density at radius 2 is 1.71 bits per heavy atom. The van der Waals surface area contributed by atoms with E-state index in [4.69, 9.17) is 0 Å². The van der Waals surface area contributed by atoms with E-state index in [1.165, 1.54) is 6.07 Å². The first kappa shape index (κ1) is 13.2. The molecule has 0 fully saturated rings. The molecule has 3 nitrogen and oxygen atoms in total. The second kappa shape index (κ2) is 5.71. The van der Waals surface area contributed by atoms with Crippen molar-refractivity contribution in [3.63, 3.8) is 0 Å². The monoisotopic (exact) mass is 280 g/mol. The largest absolute Gasteiger partial charge is 0.292 e. The van der Waals surface area contributed by atoms with Gasteiger partial charge >= 0.3 is 0 Å². The highest BCUT2D eigenvalue weighted by Crippen LogP contribution is 2.14. The van der Waals surface area contributed by atoms with Crippen molar-refractivity contribution in [1.29, 1.82) is 0 Å². The summed E-state index contributed by atoms with van der Waals surface area (Å²) in [6.07, 6.45) is 1.59. The van der Waals surface area contributed by atoms with Gasteiger partial charge in [0.05, 0.1) is 11.9 Å². The summed E-state index contributed by atoms with van der Waals surface area (Å²) in [7, 11) is 0. The molecule has 0 saturated carbocycles. The lowest BCUT2D eigenvalue weighted by atomic mass is 10.1. The van der Waals surface area contributed by atoms with E-state index in [9.17, 15) is 9.18 Å². The third-order valence-electron chi connectivity index (χ3n) is 3.24. The predicted octanol–water partition coefficient (Wildman–Crippen LogP) is 3.44. The van der Waals surface area contributed by atoms with Gasteiger partial charge in [0.2, 0.25) is 0 Å². The van der Waals surface area contributed by atoms with E-state index in [0.717, 1.165) is 5.69 Å². The summed E-state index contributed by atoms with van der Waals surface area (Å²) in [4.78, 5) is 12.4. The highest BCUT2D eigenvalue weighted by molar-refractivity contribution is 5.96. The SMILES string of the molecule is O=C(Cc1ccccc1F)c1ccnn1-c1ccccc1. The van der Waals surface area contributed by atoms with Crippen LogP contribution < -0.4 is 0 Å². The summed E-state index contributed by atoms with van der Waals surface area (Å²) in [6, 6.07) is 17.3. The molecule has 0 N–H and O–H groups in total. The number of aromatic nitrogens is 2. The molecule has 0 spiro atoms. The highest BCUT2D eigenvalue weighted by Gasteiger charge is 2.15. The number of hydrogen-bond acceptors (Lipinski definition) is 2. The van der Waals surface area contributed by atoms with Gasteiger partial charge in [-0.1, -0.05) is 36.4 Å². The average Bonchev–Trinajstić information content (AvgIpc) is 3.00. The minimum atomic E-state index is -0.364. The number of rotatable bonds is 4. The molecule has 0 radical (unpaired) electrons. The van der Waals surface area contributed by atoms with Gasteiger partial charge < -0.3 is 0 Å².